The highest BCUT2D eigenvalue weighted by molar-refractivity contribution is 5.35. The topological polar surface area (TPSA) is 89.2 Å². The molecule has 0 heterocycles. The van der Waals surface area contributed by atoms with Crippen LogP contribution in [0, 0.1) is 0 Å². The first-order valence-corrected chi connectivity index (χ1v) is 6.13. The van der Waals surface area contributed by atoms with E-state index in [4.69, 9.17) is 5.53 Å². The first-order valence-electron chi connectivity index (χ1n) is 6.13. The Balaban J connectivity index is 3.21. The average Bonchev–Trinajstić information content (AvgIpc) is 2.44. The van der Waals surface area contributed by atoms with Crippen LogP contribution in [-0.4, -0.2) is 22.9 Å². The van der Waals surface area contributed by atoms with Gasteiger partial charge >= 0.3 is 12.4 Å². The van der Waals surface area contributed by atoms with Gasteiger partial charge in [0.05, 0.1) is 17.2 Å². The van der Waals surface area contributed by atoms with Crippen molar-refractivity contribution in [1.82, 2.24) is 0 Å². The second-order valence-corrected chi connectivity index (χ2v) is 4.59. The zero-order chi connectivity index (χ0) is 17.8. The maximum atomic E-state index is 12.7. The Labute approximate surface area is 125 Å². The second kappa shape index (κ2) is 7.07. The Bertz CT molecular complexity index is 563. The molecule has 1 rings (SSSR count). The fraction of sp³-hybridized carbons (Fsp3) is 0.500. The largest absolute Gasteiger partial charge is 0.416 e. The van der Waals surface area contributed by atoms with Gasteiger partial charge in [-0.3, -0.25) is 0 Å². The molecule has 23 heavy (non-hydrogen) atoms. The van der Waals surface area contributed by atoms with Crippen LogP contribution in [0.25, 0.3) is 10.4 Å². The summed E-state index contributed by atoms with van der Waals surface area (Å²) in [6, 6.07) is 0.579. The predicted octanol–water partition coefficient (Wildman–Crippen LogP) is 3.82. The summed E-state index contributed by atoms with van der Waals surface area (Å²) >= 11 is 0. The lowest BCUT2D eigenvalue weighted by atomic mass is 9.97. The van der Waals surface area contributed by atoms with Crippen LogP contribution in [-0.2, 0) is 12.4 Å². The molecule has 128 valence electrons. The molecular formula is C12H11F6N3O2. The molecule has 0 radical (unpaired) electrons. The molecule has 0 aliphatic rings. The van der Waals surface area contributed by atoms with Crippen molar-refractivity contribution in [2.24, 2.45) is 5.11 Å². The van der Waals surface area contributed by atoms with Gasteiger partial charge in [0, 0.05) is 11.5 Å². The molecule has 0 saturated carbocycles. The van der Waals surface area contributed by atoms with Gasteiger partial charge in [-0.25, -0.2) is 0 Å². The van der Waals surface area contributed by atoms with Gasteiger partial charge in [-0.05, 0) is 35.7 Å². The van der Waals surface area contributed by atoms with E-state index in [2.05, 4.69) is 10.0 Å². The van der Waals surface area contributed by atoms with Gasteiger partial charge in [0.25, 0.3) is 0 Å². The predicted molar refractivity (Wildman–Crippen MR) is 66.0 cm³/mol. The molecule has 0 aliphatic carbocycles. The van der Waals surface area contributed by atoms with Crippen molar-refractivity contribution in [2.75, 3.05) is 6.54 Å². The maximum absolute atomic E-state index is 12.7. The van der Waals surface area contributed by atoms with Gasteiger partial charge in [-0.1, -0.05) is 5.11 Å². The molecule has 11 heteroatoms. The minimum Gasteiger partial charge on any atom is -0.390 e. The third-order valence-electron chi connectivity index (χ3n) is 2.90. The van der Waals surface area contributed by atoms with Crippen LogP contribution >= 0.6 is 0 Å². The molecule has 1 aromatic carbocycles. The van der Waals surface area contributed by atoms with Gasteiger partial charge in [-0.2, -0.15) is 26.3 Å². The summed E-state index contributed by atoms with van der Waals surface area (Å²) < 4.78 is 76.1. The van der Waals surface area contributed by atoms with Crippen molar-refractivity contribution in [1.29, 1.82) is 0 Å². The van der Waals surface area contributed by atoms with E-state index in [1.165, 1.54) is 0 Å². The van der Waals surface area contributed by atoms with Crippen LogP contribution in [0.1, 0.15) is 29.2 Å². The van der Waals surface area contributed by atoms with E-state index in [-0.39, 0.29) is 19.0 Å². The molecular weight excluding hydrogens is 332 g/mol. The molecule has 2 atom stereocenters. The summed E-state index contributed by atoms with van der Waals surface area (Å²) in [6.07, 6.45) is -14.1. The molecule has 1 aromatic rings. The van der Waals surface area contributed by atoms with Gasteiger partial charge in [0.1, 0.15) is 6.10 Å². The number of alkyl halides is 6. The van der Waals surface area contributed by atoms with Crippen molar-refractivity contribution in [3.8, 4) is 0 Å². The third-order valence-corrected chi connectivity index (χ3v) is 2.90. The molecule has 2 N–H and O–H groups in total. The summed E-state index contributed by atoms with van der Waals surface area (Å²) in [7, 11) is 0. The summed E-state index contributed by atoms with van der Waals surface area (Å²) in [5.41, 5.74) is 4.13. The Kier molecular flexibility index (Phi) is 5.86. The Morgan fingerprint density at radius 3 is 1.87 bits per heavy atom. The first kappa shape index (κ1) is 19.1. The molecule has 0 aliphatic heterocycles. The Morgan fingerprint density at radius 2 is 1.48 bits per heavy atom. The molecule has 5 nitrogen and oxygen atoms in total. The van der Waals surface area contributed by atoms with Crippen LogP contribution in [0.3, 0.4) is 0 Å². The Hall–Kier alpha value is -1.97. The van der Waals surface area contributed by atoms with Crippen LogP contribution in [0.15, 0.2) is 23.3 Å². The zero-order valence-corrected chi connectivity index (χ0v) is 11.3. The van der Waals surface area contributed by atoms with Crippen molar-refractivity contribution in [3.63, 3.8) is 0 Å². The van der Waals surface area contributed by atoms with E-state index in [0.717, 1.165) is 0 Å². The molecule has 0 fully saturated rings. The number of aliphatic hydroxyl groups excluding tert-OH is 2. The van der Waals surface area contributed by atoms with Crippen LogP contribution < -0.4 is 0 Å². The van der Waals surface area contributed by atoms with Gasteiger partial charge in [-0.15, -0.1) is 0 Å². The van der Waals surface area contributed by atoms with E-state index in [9.17, 15) is 36.6 Å². The van der Waals surface area contributed by atoms with Crippen LogP contribution in [0.2, 0.25) is 0 Å². The lowest BCUT2D eigenvalue weighted by Gasteiger charge is -2.20. The summed E-state index contributed by atoms with van der Waals surface area (Å²) in [6.45, 7) is -0.278. The van der Waals surface area contributed by atoms with E-state index in [1.54, 1.807) is 0 Å². The number of aliphatic hydroxyl groups is 2. The van der Waals surface area contributed by atoms with Crippen LogP contribution in [0.5, 0.6) is 0 Å². The number of hydrogen-bond donors (Lipinski definition) is 2. The summed E-state index contributed by atoms with van der Waals surface area (Å²) in [5, 5.41) is 22.4. The number of benzene rings is 1. The minimum atomic E-state index is -5.05. The maximum Gasteiger partial charge on any atom is 0.416 e. The monoisotopic (exact) mass is 343 g/mol. The molecule has 0 spiro atoms. The SMILES string of the molecule is [N-]=[N+]=NCCC(O)C(O)c1cc(C(F)(F)F)cc(C(F)(F)F)c1. The highest BCUT2D eigenvalue weighted by atomic mass is 19.4. The quantitative estimate of drug-likeness (QED) is 0.368. The smallest absolute Gasteiger partial charge is 0.390 e. The normalized spacial score (nSPS) is 15.0. The van der Waals surface area contributed by atoms with E-state index in [1.807, 2.05) is 0 Å². The van der Waals surface area contributed by atoms with Crippen LogP contribution in [0.4, 0.5) is 26.3 Å². The van der Waals surface area contributed by atoms with E-state index in [0.29, 0.717) is 12.1 Å². The lowest BCUT2D eigenvalue weighted by Crippen LogP contribution is -2.21. The first-order chi connectivity index (χ1) is 10.5. The van der Waals surface area contributed by atoms with E-state index >= 15 is 0 Å². The lowest BCUT2D eigenvalue weighted by molar-refractivity contribution is -0.143. The number of hydrogen-bond acceptors (Lipinski definition) is 3. The minimum absolute atomic E-state index is 0.0808. The van der Waals surface area contributed by atoms with Gasteiger partial charge < -0.3 is 10.2 Å². The summed E-state index contributed by atoms with van der Waals surface area (Å²) in [5.74, 6) is 0. The number of nitrogens with zero attached hydrogens (tertiary/aromatic N) is 3. The van der Waals surface area contributed by atoms with Crippen molar-refractivity contribution in [2.45, 2.75) is 31.0 Å². The van der Waals surface area contributed by atoms with Gasteiger partial charge in [0.2, 0.25) is 0 Å². The van der Waals surface area contributed by atoms with Crippen molar-refractivity contribution in [3.05, 3.63) is 45.3 Å². The molecule has 2 unspecified atom stereocenters. The Morgan fingerprint density at radius 1 is 1.00 bits per heavy atom. The highest BCUT2D eigenvalue weighted by Crippen LogP contribution is 2.38. The van der Waals surface area contributed by atoms with Gasteiger partial charge in [0.15, 0.2) is 0 Å². The molecule has 0 saturated heterocycles. The zero-order valence-electron chi connectivity index (χ0n) is 11.3. The van der Waals surface area contributed by atoms with E-state index < -0.39 is 41.3 Å². The summed E-state index contributed by atoms with van der Waals surface area (Å²) in [4.78, 5) is 2.37. The molecule has 0 aromatic heterocycles. The number of azide groups is 1. The molecule has 0 bridgehead atoms. The second-order valence-electron chi connectivity index (χ2n) is 4.59. The highest BCUT2D eigenvalue weighted by Gasteiger charge is 2.37. The van der Waals surface area contributed by atoms with Crippen molar-refractivity contribution >= 4 is 0 Å². The third kappa shape index (κ3) is 5.31. The fourth-order valence-electron chi connectivity index (χ4n) is 1.76. The molecule has 0 amide bonds. The standard InChI is InChI=1S/C12H11F6N3O2/c13-11(14,15)7-3-6(4-8(5-7)12(16,17)18)10(23)9(22)1-2-20-21-19/h3-5,9-10,22-23H,1-2H2. The fourth-order valence-corrected chi connectivity index (χ4v) is 1.76. The van der Waals surface area contributed by atoms with Crippen molar-refractivity contribution < 1.29 is 36.6 Å². The number of rotatable bonds is 5. The average molecular weight is 343 g/mol. The number of halogens is 6.